The number of ether oxygens (including phenoxy) is 2. The third kappa shape index (κ3) is 5.01. The van der Waals surface area contributed by atoms with E-state index in [0.717, 1.165) is 24.4 Å². The molecule has 9 rings (SSSR count). The van der Waals surface area contributed by atoms with Gasteiger partial charge < -0.3 is 19.5 Å². The third-order valence-electron chi connectivity index (χ3n) is 12.4. The number of ketones is 2. The van der Waals surface area contributed by atoms with Gasteiger partial charge in [0.15, 0.2) is 23.1 Å². The molecule has 0 bridgehead atoms. The summed E-state index contributed by atoms with van der Waals surface area (Å²) in [6, 6.07) is 31.2. The SMILES string of the molecule is COc1cccc(C2C3=CCC4C(=O)N(c5ccc(N6CCOCC6)cc5)C(=O)C4C3CC3C(=O)C(c4ccccc4)=CC(=O)C32c2ccccc2)c1O. The van der Waals surface area contributed by atoms with Crippen molar-refractivity contribution in [1.29, 1.82) is 0 Å². The minimum atomic E-state index is -1.45. The summed E-state index contributed by atoms with van der Waals surface area (Å²) in [6.45, 7) is 2.81. The molecule has 9 heteroatoms. The number of hydrogen-bond acceptors (Lipinski definition) is 8. The number of imide groups is 1. The number of morpholine rings is 1. The van der Waals surface area contributed by atoms with Crippen LogP contribution in [0.15, 0.2) is 121 Å². The summed E-state index contributed by atoms with van der Waals surface area (Å²) in [5.74, 6) is -4.61. The molecule has 0 radical (unpaired) electrons. The maximum atomic E-state index is 15.2. The number of carbonyl (C=O) groups excluding carboxylic acids is 4. The van der Waals surface area contributed by atoms with Gasteiger partial charge in [0, 0.05) is 41.7 Å². The van der Waals surface area contributed by atoms with Crippen molar-refractivity contribution >= 4 is 40.3 Å². The van der Waals surface area contributed by atoms with Crippen molar-refractivity contribution in [1.82, 2.24) is 0 Å². The predicted molar refractivity (Wildman–Crippen MR) is 203 cm³/mol. The molecule has 5 aliphatic rings. The van der Waals surface area contributed by atoms with E-state index in [1.165, 1.54) is 18.1 Å². The van der Waals surface area contributed by atoms with E-state index in [9.17, 15) is 14.7 Å². The minimum absolute atomic E-state index is 0.128. The molecule has 6 unspecified atom stereocenters. The predicted octanol–water partition coefficient (Wildman–Crippen LogP) is 6.27. The van der Waals surface area contributed by atoms with Crippen LogP contribution in [-0.2, 0) is 29.3 Å². The highest BCUT2D eigenvalue weighted by atomic mass is 16.5. The number of Topliss-reactive ketones (excluding diaryl/α,β-unsaturated/α-hetero) is 1. The van der Waals surface area contributed by atoms with Crippen LogP contribution in [0, 0.1) is 23.7 Å². The van der Waals surface area contributed by atoms with Crippen molar-refractivity contribution in [2.45, 2.75) is 24.2 Å². The van der Waals surface area contributed by atoms with Gasteiger partial charge >= 0.3 is 0 Å². The Morgan fingerprint density at radius 2 is 1.46 bits per heavy atom. The Balaban J connectivity index is 1.20. The van der Waals surface area contributed by atoms with Crippen LogP contribution in [0.2, 0.25) is 0 Å². The van der Waals surface area contributed by atoms with Crippen LogP contribution in [-0.4, -0.2) is 61.9 Å². The number of benzene rings is 4. The Labute approximate surface area is 313 Å². The zero-order chi connectivity index (χ0) is 37.1. The smallest absolute Gasteiger partial charge is 0.238 e. The molecule has 1 saturated carbocycles. The van der Waals surface area contributed by atoms with E-state index < -0.39 is 35.0 Å². The molecule has 4 aromatic rings. The number of hydrogen-bond donors (Lipinski definition) is 1. The Kier molecular flexibility index (Phi) is 8.34. The fourth-order valence-electron chi connectivity index (χ4n) is 10.0. The van der Waals surface area contributed by atoms with E-state index in [2.05, 4.69) is 4.90 Å². The molecule has 3 aliphatic carbocycles. The maximum Gasteiger partial charge on any atom is 0.238 e. The van der Waals surface area contributed by atoms with Gasteiger partial charge in [0.25, 0.3) is 0 Å². The van der Waals surface area contributed by atoms with Crippen molar-refractivity contribution in [2.75, 3.05) is 43.2 Å². The zero-order valence-corrected chi connectivity index (χ0v) is 29.9. The standard InChI is InChI=1S/C45H40N2O7/c1-53-37-14-8-13-33(42(37)50)40-31-19-20-32-39(44(52)47(43(32)51)30-17-15-29(16-18-30)46-21-23-54-24-22-46)35(31)25-36-41(49)34(27-9-4-2-5-10-27)26-38(48)45(36,40)28-11-6-3-7-12-28/h2-19,26,32,35-36,39-40,50H,20-25H2,1H3. The van der Waals surface area contributed by atoms with Crippen LogP contribution in [0.1, 0.15) is 35.4 Å². The molecule has 2 saturated heterocycles. The average molecular weight is 721 g/mol. The Hall–Kier alpha value is -5.80. The van der Waals surface area contributed by atoms with Gasteiger partial charge in [-0.05, 0) is 66.3 Å². The number of rotatable bonds is 6. The van der Waals surface area contributed by atoms with E-state index in [1.54, 1.807) is 18.2 Å². The second-order valence-corrected chi connectivity index (χ2v) is 14.8. The first-order valence-electron chi connectivity index (χ1n) is 18.6. The van der Waals surface area contributed by atoms with E-state index >= 15 is 9.59 Å². The van der Waals surface area contributed by atoms with Gasteiger partial charge in [-0.25, -0.2) is 0 Å². The first-order chi connectivity index (χ1) is 26.3. The van der Waals surface area contributed by atoms with Crippen LogP contribution >= 0.6 is 0 Å². The van der Waals surface area contributed by atoms with Gasteiger partial charge in [-0.2, -0.15) is 0 Å². The van der Waals surface area contributed by atoms with Crippen LogP contribution in [0.5, 0.6) is 11.5 Å². The van der Waals surface area contributed by atoms with E-state index in [1.807, 2.05) is 91.0 Å². The molecule has 54 heavy (non-hydrogen) atoms. The highest BCUT2D eigenvalue weighted by Gasteiger charge is 2.66. The lowest BCUT2D eigenvalue weighted by atomic mass is 9.44. The van der Waals surface area contributed by atoms with Gasteiger partial charge in [-0.3, -0.25) is 24.1 Å². The molecule has 1 N–H and O–H groups in total. The number of nitrogens with zero attached hydrogens (tertiary/aromatic N) is 2. The number of para-hydroxylation sites is 1. The van der Waals surface area contributed by atoms with Crippen LogP contribution in [0.4, 0.5) is 11.4 Å². The number of allylic oxidation sites excluding steroid dienone is 4. The van der Waals surface area contributed by atoms with Gasteiger partial charge in [0.05, 0.1) is 43.3 Å². The van der Waals surface area contributed by atoms with E-state index in [-0.39, 0.29) is 47.7 Å². The van der Waals surface area contributed by atoms with Crippen LogP contribution in [0.25, 0.3) is 5.57 Å². The van der Waals surface area contributed by atoms with Gasteiger partial charge in [-0.15, -0.1) is 0 Å². The summed E-state index contributed by atoms with van der Waals surface area (Å²) in [5.41, 5.74) is 2.88. The third-order valence-corrected chi connectivity index (χ3v) is 12.4. The number of phenols is 1. The van der Waals surface area contributed by atoms with Gasteiger partial charge in [0.1, 0.15) is 0 Å². The highest BCUT2D eigenvalue weighted by Crippen LogP contribution is 2.65. The average Bonchev–Trinajstić information content (AvgIpc) is 3.48. The molecule has 272 valence electrons. The Morgan fingerprint density at radius 3 is 2.17 bits per heavy atom. The van der Waals surface area contributed by atoms with E-state index in [4.69, 9.17) is 9.47 Å². The second-order valence-electron chi connectivity index (χ2n) is 14.8. The summed E-state index contributed by atoms with van der Waals surface area (Å²) >= 11 is 0. The summed E-state index contributed by atoms with van der Waals surface area (Å²) in [6.07, 6.45) is 3.94. The molecule has 6 atom stereocenters. The summed E-state index contributed by atoms with van der Waals surface area (Å²) in [5, 5.41) is 11.9. The lowest BCUT2D eigenvalue weighted by Gasteiger charge is -2.55. The van der Waals surface area contributed by atoms with Crippen molar-refractivity contribution < 1.29 is 33.8 Å². The number of phenolic OH excluding ortho intramolecular Hbond substituents is 1. The van der Waals surface area contributed by atoms with Crippen LogP contribution in [0.3, 0.4) is 0 Å². The first kappa shape index (κ1) is 34.0. The Morgan fingerprint density at radius 1 is 0.778 bits per heavy atom. The molecule has 2 aliphatic heterocycles. The number of carbonyl (C=O) groups is 4. The topological polar surface area (TPSA) is 113 Å². The molecule has 0 aromatic heterocycles. The molecule has 9 nitrogen and oxygen atoms in total. The molecule has 2 amide bonds. The quantitative estimate of drug-likeness (QED) is 0.183. The second kappa shape index (κ2) is 13.2. The molecule has 2 heterocycles. The summed E-state index contributed by atoms with van der Waals surface area (Å²) in [7, 11) is 1.47. The monoisotopic (exact) mass is 720 g/mol. The fourth-order valence-corrected chi connectivity index (χ4v) is 10.0. The zero-order valence-electron chi connectivity index (χ0n) is 29.9. The molecule has 4 aromatic carbocycles. The fraction of sp³-hybridized carbons (Fsp3) is 0.289. The minimum Gasteiger partial charge on any atom is -0.504 e. The van der Waals surface area contributed by atoms with Crippen molar-refractivity contribution in [2.24, 2.45) is 23.7 Å². The molecule has 3 fully saturated rings. The molecule has 0 spiro atoms. The van der Waals surface area contributed by atoms with Crippen molar-refractivity contribution in [3.05, 3.63) is 138 Å². The largest absolute Gasteiger partial charge is 0.504 e. The number of fused-ring (bicyclic) bond motifs is 4. The highest BCUT2D eigenvalue weighted by molar-refractivity contribution is 6.32. The number of anilines is 2. The van der Waals surface area contributed by atoms with E-state index in [0.29, 0.717) is 41.2 Å². The number of methoxy groups -OCH3 is 1. The normalized spacial score (nSPS) is 27.8. The Bertz CT molecular complexity index is 2230. The number of amides is 2. The number of aromatic hydroxyl groups is 1. The van der Waals surface area contributed by atoms with Crippen LogP contribution < -0.4 is 14.5 Å². The lowest BCUT2D eigenvalue weighted by molar-refractivity contribution is -0.135. The summed E-state index contributed by atoms with van der Waals surface area (Å²) < 4.78 is 11.1. The van der Waals surface area contributed by atoms with Crippen molar-refractivity contribution in [3.8, 4) is 11.5 Å². The summed E-state index contributed by atoms with van der Waals surface area (Å²) in [4.78, 5) is 62.9. The maximum absolute atomic E-state index is 15.2. The lowest BCUT2D eigenvalue weighted by Crippen LogP contribution is -2.58. The van der Waals surface area contributed by atoms with Crippen molar-refractivity contribution in [3.63, 3.8) is 0 Å². The first-order valence-corrected chi connectivity index (χ1v) is 18.6. The van der Waals surface area contributed by atoms with Gasteiger partial charge in [-0.1, -0.05) is 84.4 Å². The van der Waals surface area contributed by atoms with Gasteiger partial charge in [0.2, 0.25) is 11.8 Å². The molecular weight excluding hydrogens is 681 g/mol. The molecular formula is C45H40N2O7.